The fourth-order valence-corrected chi connectivity index (χ4v) is 5.03. The fourth-order valence-electron chi connectivity index (χ4n) is 3.75. The summed E-state index contributed by atoms with van der Waals surface area (Å²) in [5.74, 6) is -1.25. The number of rotatable bonds is 3. The number of aromatic nitrogens is 1. The van der Waals surface area contributed by atoms with E-state index in [9.17, 15) is 14.0 Å². The van der Waals surface area contributed by atoms with E-state index in [2.05, 4.69) is 20.9 Å². The molecule has 0 saturated heterocycles. The first-order valence-electron chi connectivity index (χ1n) is 8.78. The van der Waals surface area contributed by atoms with Crippen molar-refractivity contribution >= 4 is 34.5 Å². The highest BCUT2D eigenvalue weighted by Gasteiger charge is 2.67. The molecule has 2 aromatic rings. The van der Waals surface area contributed by atoms with Crippen LogP contribution in [0.4, 0.5) is 14.5 Å². The summed E-state index contributed by atoms with van der Waals surface area (Å²) in [5.41, 5.74) is 6.05. The quantitative estimate of drug-likeness (QED) is 0.742. The average Bonchev–Trinajstić information content (AvgIpc) is 3.45. The average molecular weight is 407 g/mol. The number of nitrogens with zero attached hydrogens (tertiary/aromatic N) is 4. The third-order valence-corrected chi connectivity index (χ3v) is 6.56. The molecule has 0 unspecified atom stereocenters. The molecule has 144 valence electrons. The zero-order chi connectivity index (χ0) is 20.8. The van der Waals surface area contributed by atoms with Gasteiger partial charge < -0.3 is 5.73 Å². The molecule has 0 bridgehead atoms. The Labute approximate surface area is 170 Å². The Bertz CT molecular complexity index is 1150. The molecule has 1 aromatic heterocycles. The molecular weight excluding hydrogens is 392 g/mol. The number of hydrogen-bond acceptors (Lipinski definition) is 5. The van der Waals surface area contributed by atoms with Crippen LogP contribution in [-0.2, 0) is 5.54 Å². The first-order chi connectivity index (χ1) is 13.8. The Kier molecular flexibility index (Phi) is 4.40. The topological polar surface area (TPSA) is 79.4 Å². The van der Waals surface area contributed by atoms with Gasteiger partial charge in [0.25, 0.3) is 0 Å². The smallest absolute Gasteiger partial charge is 0.205 e. The molecule has 3 atom stereocenters. The van der Waals surface area contributed by atoms with Gasteiger partial charge in [-0.3, -0.25) is 9.98 Å². The zero-order valence-electron chi connectivity index (χ0n) is 15.4. The molecule has 1 aliphatic heterocycles. The Morgan fingerprint density at radius 2 is 2.24 bits per heavy atom. The monoisotopic (exact) mass is 407 g/mol. The number of hydrogen-bond donors (Lipinski definition) is 1. The minimum Gasteiger partial charge on any atom is -0.378 e. The molecule has 1 fully saturated rings. The highest BCUT2D eigenvalue weighted by molar-refractivity contribution is 8.15. The molecule has 29 heavy (non-hydrogen) atoms. The summed E-state index contributed by atoms with van der Waals surface area (Å²) in [4.78, 5) is 11.6. The van der Waals surface area contributed by atoms with E-state index < -0.39 is 21.9 Å². The first-order valence-corrected chi connectivity index (χ1v) is 9.60. The summed E-state index contributed by atoms with van der Waals surface area (Å²) in [6, 6.07) is 9.44. The van der Waals surface area contributed by atoms with E-state index in [1.54, 1.807) is 6.92 Å². The van der Waals surface area contributed by atoms with E-state index in [0.29, 0.717) is 17.7 Å². The number of thioether (sulfide) groups is 1. The van der Waals surface area contributed by atoms with Crippen molar-refractivity contribution in [3.63, 3.8) is 0 Å². The number of fused-ring (bicyclic) bond motifs is 1. The largest absolute Gasteiger partial charge is 0.378 e. The predicted octanol–water partition coefficient (Wildman–Crippen LogP) is 4.80. The van der Waals surface area contributed by atoms with Crippen LogP contribution in [0, 0.1) is 29.6 Å². The summed E-state index contributed by atoms with van der Waals surface area (Å²) in [5, 5.41) is 9.78. The lowest BCUT2D eigenvalue weighted by atomic mass is 9.85. The van der Waals surface area contributed by atoms with Crippen molar-refractivity contribution in [2.45, 2.75) is 23.6 Å². The maximum absolute atomic E-state index is 14.7. The number of amidine groups is 1. The van der Waals surface area contributed by atoms with Gasteiger partial charge in [-0.05, 0) is 43.2 Å². The maximum atomic E-state index is 14.7. The molecule has 5 nitrogen and oxygen atoms in total. The van der Waals surface area contributed by atoms with Crippen LogP contribution in [0.5, 0.6) is 0 Å². The lowest BCUT2D eigenvalue weighted by Crippen LogP contribution is -2.35. The Hall–Kier alpha value is -3.23. The molecule has 0 radical (unpaired) electrons. The number of aliphatic imine (C=N–C) groups is 1. The highest BCUT2D eigenvalue weighted by atomic mass is 32.2. The van der Waals surface area contributed by atoms with Crippen LogP contribution in [0.2, 0.25) is 0 Å². The van der Waals surface area contributed by atoms with Gasteiger partial charge in [0.05, 0.1) is 23.9 Å². The van der Waals surface area contributed by atoms with E-state index in [4.69, 9.17) is 12.3 Å². The van der Waals surface area contributed by atoms with Crippen LogP contribution in [0.3, 0.4) is 0 Å². The second kappa shape index (κ2) is 6.68. The van der Waals surface area contributed by atoms with Crippen LogP contribution < -0.4 is 5.73 Å². The molecule has 2 aliphatic rings. The summed E-state index contributed by atoms with van der Waals surface area (Å²) < 4.78 is 28.7. The van der Waals surface area contributed by atoms with Gasteiger partial charge in [0.1, 0.15) is 16.4 Å². The van der Waals surface area contributed by atoms with Crippen molar-refractivity contribution in [2.75, 3.05) is 0 Å². The van der Waals surface area contributed by atoms with Crippen LogP contribution in [-0.4, -0.2) is 14.9 Å². The van der Waals surface area contributed by atoms with Crippen molar-refractivity contribution in [1.29, 1.82) is 5.26 Å². The van der Waals surface area contributed by atoms with Gasteiger partial charge in [-0.1, -0.05) is 23.9 Å². The van der Waals surface area contributed by atoms with Crippen LogP contribution >= 0.6 is 11.8 Å². The third-order valence-electron chi connectivity index (χ3n) is 5.36. The number of benzene rings is 1. The van der Waals surface area contributed by atoms with E-state index in [1.807, 2.05) is 0 Å². The molecule has 1 saturated carbocycles. The van der Waals surface area contributed by atoms with E-state index in [1.165, 1.54) is 54.4 Å². The van der Waals surface area contributed by atoms with Crippen molar-refractivity contribution in [2.24, 2.45) is 16.6 Å². The highest BCUT2D eigenvalue weighted by Crippen LogP contribution is 2.65. The third kappa shape index (κ3) is 3.16. The Balaban J connectivity index is 1.73. The van der Waals surface area contributed by atoms with Crippen molar-refractivity contribution in [3.05, 3.63) is 70.6 Å². The van der Waals surface area contributed by atoms with Crippen LogP contribution in [0.1, 0.15) is 30.2 Å². The SMILES string of the molecule is [C-]#[N+]c1ccc(/C(F)=C/c2ccc(F)c([C@@]3(C)N=C(N)S[C@@]4(C#N)C[C@H]43)c2)nc1. The normalized spacial score (nSPS) is 28.0. The molecule has 2 N–H and O–H groups in total. The Morgan fingerprint density at radius 1 is 1.45 bits per heavy atom. The van der Waals surface area contributed by atoms with Gasteiger partial charge >= 0.3 is 0 Å². The van der Waals surface area contributed by atoms with Crippen molar-refractivity contribution < 1.29 is 8.78 Å². The van der Waals surface area contributed by atoms with Crippen molar-refractivity contribution in [1.82, 2.24) is 4.98 Å². The van der Waals surface area contributed by atoms with Crippen molar-refractivity contribution in [3.8, 4) is 6.07 Å². The number of pyridine rings is 1. The van der Waals surface area contributed by atoms with E-state index >= 15 is 0 Å². The standard InChI is InChI=1S/C21H15F2N5S/c1-20(18-9-21(18,11-24)29-19(25)28-20)14-7-12(3-5-15(14)22)8-16(23)17-6-4-13(26-2)10-27-17/h3-8,10,18H,9H2,1H3,(H2,25,28)/b16-8-/t18-,20+,21+/m0/s1. The molecule has 4 rings (SSSR count). The predicted molar refractivity (Wildman–Crippen MR) is 109 cm³/mol. The summed E-state index contributed by atoms with van der Waals surface area (Å²) in [6.07, 6.45) is 3.11. The number of halogens is 2. The van der Waals surface area contributed by atoms with Gasteiger partial charge in [-0.2, -0.15) is 5.26 Å². The molecule has 1 aliphatic carbocycles. The lowest BCUT2D eigenvalue weighted by molar-refractivity contribution is 0.400. The van der Waals surface area contributed by atoms with Crippen LogP contribution in [0.25, 0.3) is 16.7 Å². The molecule has 1 aromatic carbocycles. The second-order valence-electron chi connectivity index (χ2n) is 7.20. The molecular formula is C21H15F2N5S. The Morgan fingerprint density at radius 3 is 2.90 bits per heavy atom. The summed E-state index contributed by atoms with van der Waals surface area (Å²) >= 11 is 1.22. The van der Waals surface area contributed by atoms with Gasteiger partial charge in [0.15, 0.2) is 5.17 Å². The first kappa shape index (κ1) is 19.1. The summed E-state index contributed by atoms with van der Waals surface area (Å²) in [7, 11) is 0. The number of nitriles is 1. The fraction of sp³-hybridized carbons (Fsp3) is 0.238. The molecule has 0 spiro atoms. The summed E-state index contributed by atoms with van der Waals surface area (Å²) in [6.45, 7) is 8.68. The molecule has 0 amide bonds. The molecule has 8 heteroatoms. The van der Waals surface area contributed by atoms with Gasteiger partial charge in [-0.25, -0.2) is 13.6 Å². The minimum atomic E-state index is -0.995. The van der Waals surface area contributed by atoms with Gasteiger partial charge in [0.2, 0.25) is 5.69 Å². The van der Waals surface area contributed by atoms with Crippen LogP contribution in [0.15, 0.2) is 41.5 Å². The maximum Gasteiger partial charge on any atom is 0.205 e. The van der Waals surface area contributed by atoms with Gasteiger partial charge in [-0.15, -0.1) is 0 Å². The van der Waals surface area contributed by atoms with E-state index in [-0.39, 0.29) is 22.3 Å². The second-order valence-corrected chi connectivity index (χ2v) is 8.55. The zero-order valence-corrected chi connectivity index (χ0v) is 16.2. The molecule has 2 heterocycles. The number of nitrogens with two attached hydrogens (primary N) is 1. The lowest BCUT2D eigenvalue weighted by Gasteiger charge is -2.32. The van der Waals surface area contributed by atoms with Gasteiger partial charge in [0, 0.05) is 17.7 Å². The van der Waals surface area contributed by atoms with E-state index in [0.717, 1.165) is 0 Å². The minimum absolute atomic E-state index is 0.0801.